The minimum absolute atomic E-state index is 0.0858. The fourth-order valence-electron chi connectivity index (χ4n) is 4.09. The molecule has 186 valence electrons. The average molecular weight is 483 g/mol. The zero-order chi connectivity index (χ0) is 24.6. The van der Waals surface area contributed by atoms with Crippen LogP contribution in [0, 0.1) is 0 Å². The number of imide groups is 1. The second kappa shape index (κ2) is 11.6. The molecule has 4 amide bonds. The first-order valence-corrected chi connectivity index (χ1v) is 11.6. The zero-order valence-corrected chi connectivity index (χ0v) is 19.7. The van der Waals surface area contributed by atoms with Crippen LogP contribution in [0.25, 0.3) is 0 Å². The number of anilines is 1. The normalized spacial score (nSPS) is 15.3. The first-order valence-electron chi connectivity index (χ1n) is 11.6. The van der Waals surface area contributed by atoms with E-state index in [4.69, 9.17) is 14.2 Å². The molecule has 0 aromatic heterocycles. The van der Waals surface area contributed by atoms with Crippen molar-refractivity contribution in [2.24, 2.45) is 0 Å². The summed E-state index contributed by atoms with van der Waals surface area (Å²) in [6, 6.07) is 12.1. The van der Waals surface area contributed by atoms with E-state index < -0.39 is 11.9 Å². The van der Waals surface area contributed by atoms with Gasteiger partial charge >= 0.3 is 6.03 Å². The van der Waals surface area contributed by atoms with Crippen LogP contribution < -0.4 is 24.8 Å². The van der Waals surface area contributed by atoms with Gasteiger partial charge in [0, 0.05) is 44.4 Å². The molecule has 0 aliphatic carbocycles. The molecule has 2 aromatic rings. The lowest BCUT2D eigenvalue weighted by Crippen LogP contribution is -2.43. The number of carbonyl (C=O) groups excluding carboxylic acids is 3. The van der Waals surface area contributed by atoms with Gasteiger partial charge < -0.3 is 24.4 Å². The maximum Gasteiger partial charge on any atom is 0.325 e. The van der Waals surface area contributed by atoms with E-state index in [0.29, 0.717) is 56.2 Å². The number of hydrogen-bond donors (Lipinski definition) is 2. The number of urea groups is 1. The number of hydrogen-bond acceptors (Lipinski definition) is 7. The number of aryl methyl sites for hydroxylation is 1. The third-order valence-corrected chi connectivity index (χ3v) is 5.98. The summed E-state index contributed by atoms with van der Waals surface area (Å²) in [6.45, 7) is 2.70. The van der Waals surface area contributed by atoms with E-state index in [2.05, 4.69) is 10.6 Å². The van der Waals surface area contributed by atoms with Crippen LogP contribution in [0.4, 0.5) is 10.5 Å². The highest BCUT2D eigenvalue weighted by Gasteiger charge is 2.21. The van der Waals surface area contributed by atoms with Crippen LogP contribution in [0.15, 0.2) is 42.5 Å². The van der Waals surface area contributed by atoms with Crippen LogP contribution in [-0.2, 0) is 16.0 Å². The average Bonchev–Trinajstić information content (AvgIpc) is 3.20. The molecule has 10 heteroatoms. The number of ether oxygens (including phenoxy) is 3. The van der Waals surface area contributed by atoms with Crippen LogP contribution in [-0.4, -0.2) is 74.3 Å². The molecule has 2 N–H and O–H groups in total. The summed E-state index contributed by atoms with van der Waals surface area (Å²) < 4.78 is 15.7. The number of fused-ring (bicyclic) bond motifs is 1. The molecule has 0 spiro atoms. The smallest absolute Gasteiger partial charge is 0.325 e. The topological polar surface area (TPSA) is 109 Å². The van der Waals surface area contributed by atoms with Crippen molar-refractivity contribution < 1.29 is 28.6 Å². The van der Waals surface area contributed by atoms with Gasteiger partial charge in [-0.3, -0.25) is 19.8 Å². The van der Waals surface area contributed by atoms with Crippen molar-refractivity contribution in [3.63, 3.8) is 0 Å². The first kappa shape index (κ1) is 24.3. The summed E-state index contributed by atoms with van der Waals surface area (Å²) >= 11 is 0. The Labute approximate surface area is 204 Å². The van der Waals surface area contributed by atoms with Crippen LogP contribution in [0.3, 0.4) is 0 Å². The quantitative estimate of drug-likeness (QED) is 0.623. The third kappa shape index (κ3) is 6.86. The van der Waals surface area contributed by atoms with Crippen LogP contribution >= 0.6 is 0 Å². The number of amides is 4. The van der Waals surface area contributed by atoms with Crippen molar-refractivity contribution in [3.8, 4) is 17.2 Å². The molecule has 1 saturated heterocycles. The van der Waals surface area contributed by atoms with Gasteiger partial charge in [0.05, 0.1) is 13.7 Å². The van der Waals surface area contributed by atoms with Crippen LogP contribution in [0.1, 0.15) is 18.4 Å². The van der Waals surface area contributed by atoms with Crippen molar-refractivity contribution in [2.45, 2.75) is 19.3 Å². The fraction of sp³-hybridized carbons (Fsp3) is 0.400. The lowest BCUT2D eigenvalue weighted by Gasteiger charge is -2.21. The van der Waals surface area contributed by atoms with Crippen molar-refractivity contribution in [3.05, 3.63) is 48.0 Å². The monoisotopic (exact) mass is 482 g/mol. The maximum absolute atomic E-state index is 12.7. The predicted molar refractivity (Wildman–Crippen MR) is 129 cm³/mol. The van der Waals surface area contributed by atoms with Crippen molar-refractivity contribution in [1.29, 1.82) is 0 Å². The highest BCUT2D eigenvalue weighted by atomic mass is 16.7. The Morgan fingerprint density at radius 1 is 0.971 bits per heavy atom. The summed E-state index contributed by atoms with van der Waals surface area (Å²) in [6.07, 6.45) is 1.88. The molecule has 0 unspecified atom stereocenters. The molecule has 1 fully saturated rings. The molecule has 35 heavy (non-hydrogen) atoms. The van der Waals surface area contributed by atoms with E-state index in [1.54, 1.807) is 25.3 Å². The number of carbonyl (C=O) groups is 3. The third-order valence-electron chi connectivity index (χ3n) is 5.98. The number of nitrogens with one attached hydrogen (secondary N) is 2. The standard InChI is InChI=1S/C25H30N4O6/c1-33-20-7-3-18(4-8-20)5-10-24(31)29-12-2-11-28(13-14-29)16-23(30)27-25(32)26-19-6-9-21-22(15-19)35-17-34-21/h3-4,6-9,15H,2,5,10-14,16-17H2,1H3,(H2,26,27,30,32). The lowest BCUT2D eigenvalue weighted by atomic mass is 10.1. The first-order chi connectivity index (χ1) is 17.0. The summed E-state index contributed by atoms with van der Waals surface area (Å²) in [5, 5.41) is 4.98. The number of methoxy groups -OCH3 is 1. The van der Waals surface area contributed by atoms with E-state index in [1.165, 1.54) is 0 Å². The molecule has 2 aromatic carbocycles. The molecular weight excluding hydrogens is 452 g/mol. The second-order valence-corrected chi connectivity index (χ2v) is 8.43. The Morgan fingerprint density at radius 2 is 1.77 bits per heavy atom. The molecule has 2 heterocycles. The van der Waals surface area contributed by atoms with Gasteiger partial charge in [0.1, 0.15) is 5.75 Å². The largest absolute Gasteiger partial charge is 0.497 e. The Balaban J connectivity index is 1.18. The van der Waals surface area contributed by atoms with Crippen molar-refractivity contribution >= 4 is 23.5 Å². The zero-order valence-electron chi connectivity index (χ0n) is 19.7. The Kier molecular flexibility index (Phi) is 8.04. The van der Waals surface area contributed by atoms with Crippen LogP contribution in [0.5, 0.6) is 17.2 Å². The molecule has 2 aliphatic heterocycles. The van der Waals surface area contributed by atoms with Gasteiger partial charge in [0.15, 0.2) is 11.5 Å². The molecule has 0 atom stereocenters. The number of benzene rings is 2. The highest BCUT2D eigenvalue weighted by Crippen LogP contribution is 2.34. The SMILES string of the molecule is COc1ccc(CCC(=O)N2CCCN(CC(=O)NC(=O)Nc3ccc4c(c3)OCO4)CC2)cc1. The van der Waals surface area contributed by atoms with E-state index >= 15 is 0 Å². The number of rotatable bonds is 7. The van der Waals surface area contributed by atoms with Crippen molar-refractivity contribution in [1.82, 2.24) is 15.1 Å². The van der Waals surface area contributed by atoms with E-state index in [-0.39, 0.29) is 19.2 Å². The molecular formula is C25H30N4O6. The van der Waals surface area contributed by atoms with E-state index in [1.807, 2.05) is 34.1 Å². The van der Waals surface area contributed by atoms with E-state index in [9.17, 15) is 14.4 Å². The highest BCUT2D eigenvalue weighted by molar-refractivity contribution is 6.01. The molecule has 2 aliphatic rings. The summed E-state index contributed by atoms with van der Waals surface area (Å²) in [7, 11) is 1.63. The van der Waals surface area contributed by atoms with Gasteiger partial charge in [-0.1, -0.05) is 12.1 Å². The van der Waals surface area contributed by atoms with Gasteiger partial charge in [0.2, 0.25) is 18.6 Å². The lowest BCUT2D eigenvalue weighted by molar-refractivity contribution is -0.131. The Morgan fingerprint density at radius 3 is 2.57 bits per heavy atom. The minimum Gasteiger partial charge on any atom is -0.497 e. The predicted octanol–water partition coefficient (Wildman–Crippen LogP) is 2.24. The van der Waals surface area contributed by atoms with Gasteiger partial charge in [-0.15, -0.1) is 0 Å². The van der Waals surface area contributed by atoms with Gasteiger partial charge in [0.25, 0.3) is 0 Å². The molecule has 4 rings (SSSR count). The Hall–Kier alpha value is -3.79. The second-order valence-electron chi connectivity index (χ2n) is 8.43. The summed E-state index contributed by atoms with van der Waals surface area (Å²) in [5.41, 5.74) is 1.59. The summed E-state index contributed by atoms with van der Waals surface area (Å²) in [5.74, 6) is 1.66. The van der Waals surface area contributed by atoms with Gasteiger partial charge in [-0.25, -0.2) is 4.79 Å². The maximum atomic E-state index is 12.7. The Bertz CT molecular complexity index is 1060. The van der Waals surface area contributed by atoms with E-state index in [0.717, 1.165) is 17.7 Å². The molecule has 0 saturated carbocycles. The van der Waals surface area contributed by atoms with Gasteiger partial charge in [-0.05, 0) is 42.7 Å². The van der Waals surface area contributed by atoms with Crippen molar-refractivity contribution in [2.75, 3.05) is 51.9 Å². The molecule has 0 bridgehead atoms. The minimum atomic E-state index is -0.612. The van der Waals surface area contributed by atoms with Crippen LogP contribution in [0.2, 0.25) is 0 Å². The summed E-state index contributed by atoms with van der Waals surface area (Å²) in [4.78, 5) is 41.1. The molecule has 0 radical (unpaired) electrons. The molecule has 10 nitrogen and oxygen atoms in total. The number of nitrogens with zero attached hydrogens (tertiary/aromatic N) is 2. The fourth-order valence-corrected chi connectivity index (χ4v) is 4.09. The van der Waals surface area contributed by atoms with Gasteiger partial charge in [-0.2, -0.15) is 0 Å².